The van der Waals surface area contributed by atoms with Crippen molar-refractivity contribution in [3.8, 4) is 11.5 Å². The molecule has 6 heteroatoms. The molecule has 1 aromatic heterocycles. The minimum absolute atomic E-state index is 0.0212. The molecule has 6 nitrogen and oxygen atoms in total. The number of nitrogens with zero attached hydrogens (tertiary/aromatic N) is 2. The van der Waals surface area contributed by atoms with Crippen molar-refractivity contribution in [3.63, 3.8) is 0 Å². The SMILES string of the molecule is CC1CCC(C(=O)O)CN1C(=O)c1cccc(Oc2ccncc2)c1. The van der Waals surface area contributed by atoms with Crippen LogP contribution in [0.2, 0.25) is 0 Å². The average Bonchev–Trinajstić information content (AvgIpc) is 2.62. The van der Waals surface area contributed by atoms with Crippen LogP contribution in [0.25, 0.3) is 0 Å². The molecule has 1 aliphatic heterocycles. The number of benzene rings is 1. The van der Waals surface area contributed by atoms with Gasteiger partial charge in [0.2, 0.25) is 0 Å². The number of carboxylic acids is 1. The zero-order valence-electron chi connectivity index (χ0n) is 14.0. The second kappa shape index (κ2) is 7.34. The summed E-state index contributed by atoms with van der Waals surface area (Å²) in [5.41, 5.74) is 0.490. The van der Waals surface area contributed by atoms with Gasteiger partial charge in [-0.3, -0.25) is 14.6 Å². The molecule has 2 heterocycles. The van der Waals surface area contributed by atoms with Crippen LogP contribution in [0, 0.1) is 5.92 Å². The van der Waals surface area contributed by atoms with E-state index >= 15 is 0 Å². The second-order valence-electron chi connectivity index (χ2n) is 6.23. The lowest BCUT2D eigenvalue weighted by atomic mass is 9.93. The van der Waals surface area contributed by atoms with Crippen molar-refractivity contribution >= 4 is 11.9 Å². The van der Waals surface area contributed by atoms with Crippen LogP contribution >= 0.6 is 0 Å². The highest BCUT2D eigenvalue weighted by Crippen LogP contribution is 2.26. The van der Waals surface area contributed by atoms with Crippen molar-refractivity contribution in [2.75, 3.05) is 6.54 Å². The van der Waals surface area contributed by atoms with Crippen molar-refractivity contribution in [3.05, 3.63) is 54.4 Å². The van der Waals surface area contributed by atoms with E-state index < -0.39 is 11.9 Å². The first kappa shape index (κ1) is 17.0. The molecule has 2 atom stereocenters. The Balaban J connectivity index is 1.77. The number of rotatable bonds is 4. The largest absolute Gasteiger partial charge is 0.481 e. The number of likely N-dealkylation sites (tertiary alicyclic amines) is 1. The minimum atomic E-state index is -0.848. The molecule has 0 aliphatic carbocycles. The number of amides is 1. The molecule has 1 aliphatic rings. The molecule has 25 heavy (non-hydrogen) atoms. The number of pyridine rings is 1. The summed E-state index contributed by atoms with van der Waals surface area (Å²) in [5, 5.41) is 9.24. The minimum Gasteiger partial charge on any atom is -0.481 e. The molecular formula is C19H20N2O4. The first-order valence-corrected chi connectivity index (χ1v) is 8.26. The van der Waals surface area contributed by atoms with Gasteiger partial charge >= 0.3 is 5.97 Å². The molecule has 1 amide bonds. The molecule has 1 saturated heterocycles. The Morgan fingerprint density at radius 2 is 1.92 bits per heavy atom. The lowest BCUT2D eigenvalue weighted by Gasteiger charge is -2.36. The zero-order chi connectivity index (χ0) is 17.8. The van der Waals surface area contributed by atoms with Crippen LogP contribution in [0.15, 0.2) is 48.8 Å². The lowest BCUT2D eigenvalue weighted by molar-refractivity contribution is -0.143. The molecule has 0 bridgehead atoms. The van der Waals surface area contributed by atoms with Crippen molar-refractivity contribution in [1.82, 2.24) is 9.88 Å². The number of hydrogen-bond donors (Lipinski definition) is 1. The molecule has 1 N–H and O–H groups in total. The summed E-state index contributed by atoms with van der Waals surface area (Å²) in [7, 11) is 0. The van der Waals surface area contributed by atoms with Gasteiger partial charge in [-0.15, -0.1) is 0 Å². The third kappa shape index (κ3) is 3.96. The third-order valence-corrected chi connectivity index (χ3v) is 4.46. The molecule has 1 fully saturated rings. The highest BCUT2D eigenvalue weighted by atomic mass is 16.5. The van der Waals surface area contributed by atoms with E-state index in [0.717, 1.165) is 0 Å². The van der Waals surface area contributed by atoms with Gasteiger partial charge in [0, 0.05) is 30.5 Å². The maximum Gasteiger partial charge on any atom is 0.308 e. The summed E-state index contributed by atoms with van der Waals surface area (Å²) in [6, 6.07) is 10.4. The zero-order valence-corrected chi connectivity index (χ0v) is 14.0. The summed E-state index contributed by atoms with van der Waals surface area (Å²) in [4.78, 5) is 29.7. The molecule has 0 saturated carbocycles. The number of aliphatic carboxylic acids is 1. The standard InChI is InChI=1S/C19H20N2O4/c1-13-5-6-15(19(23)24)12-21(13)18(22)14-3-2-4-17(11-14)25-16-7-9-20-10-8-16/h2-4,7-11,13,15H,5-6,12H2,1H3,(H,23,24). The molecule has 3 rings (SSSR count). The fourth-order valence-electron chi connectivity index (χ4n) is 2.99. The van der Waals surface area contributed by atoms with E-state index in [-0.39, 0.29) is 18.5 Å². The third-order valence-electron chi connectivity index (χ3n) is 4.46. The Morgan fingerprint density at radius 1 is 1.16 bits per heavy atom. The molecule has 0 spiro atoms. The number of piperidine rings is 1. The van der Waals surface area contributed by atoms with Gasteiger partial charge in [0.15, 0.2) is 0 Å². The van der Waals surface area contributed by atoms with Crippen LogP contribution in [-0.2, 0) is 4.79 Å². The quantitative estimate of drug-likeness (QED) is 0.924. The van der Waals surface area contributed by atoms with Gasteiger partial charge < -0.3 is 14.7 Å². The van der Waals surface area contributed by atoms with Gasteiger partial charge in [-0.2, -0.15) is 0 Å². The number of carbonyl (C=O) groups excluding carboxylic acids is 1. The van der Waals surface area contributed by atoms with E-state index in [1.54, 1.807) is 53.7 Å². The average molecular weight is 340 g/mol. The van der Waals surface area contributed by atoms with Crippen LogP contribution in [0.1, 0.15) is 30.1 Å². The summed E-state index contributed by atoms with van der Waals surface area (Å²) >= 11 is 0. The van der Waals surface area contributed by atoms with Crippen molar-refractivity contribution in [1.29, 1.82) is 0 Å². The number of aromatic nitrogens is 1. The first-order valence-electron chi connectivity index (χ1n) is 8.26. The maximum absolute atomic E-state index is 12.9. The number of carbonyl (C=O) groups is 2. The molecule has 2 aromatic rings. The van der Waals surface area contributed by atoms with Gasteiger partial charge in [-0.05, 0) is 50.1 Å². The van der Waals surface area contributed by atoms with Gasteiger partial charge in [0.1, 0.15) is 11.5 Å². The van der Waals surface area contributed by atoms with E-state index in [0.29, 0.717) is 29.9 Å². The van der Waals surface area contributed by atoms with Crippen molar-refractivity contribution < 1.29 is 19.4 Å². The highest BCUT2D eigenvalue weighted by molar-refractivity contribution is 5.95. The maximum atomic E-state index is 12.9. The van der Waals surface area contributed by atoms with E-state index in [1.807, 2.05) is 6.92 Å². The first-order chi connectivity index (χ1) is 12.0. The Hall–Kier alpha value is -2.89. The summed E-state index contributed by atoms with van der Waals surface area (Å²) < 4.78 is 5.74. The molecular weight excluding hydrogens is 320 g/mol. The van der Waals surface area contributed by atoms with Crippen molar-refractivity contribution in [2.45, 2.75) is 25.8 Å². The predicted molar refractivity (Wildman–Crippen MR) is 91.6 cm³/mol. The van der Waals surface area contributed by atoms with E-state index in [1.165, 1.54) is 0 Å². The second-order valence-corrected chi connectivity index (χ2v) is 6.23. The Labute approximate surface area is 146 Å². The smallest absolute Gasteiger partial charge is 0.308 e. The molecule has 1 aromatic carbocycles. The lowest BCUT2D eigenvalue weighted by Crippen LogP contribution is -2.47. The predicted octanol–water partition coefficient (Wildman–Crippen LogP) is 3.20. The Bertz CT molecular complexity index is 763. The van der Waals surface area contributed by atoms with Crippen molar-refractivity contribution in [2.24, 2.45) is 5.92 Å². The van der Waals surface area contributed by atoms with Crippen LogP contribution in [0.3, 0.4) is 0 Å². The molecule has 2 unspecified atom stereocenters. The number of hydrogen-bond acceptors (Lipinski definition) is 4. The monoisotopic (exact) mass is 340 g/mol. The van der Waals surface area contributed by atoms with Crippen LogP contribution < -0.4 is 4.74 Å². The summed E-state index contributed by atoms with van der Waals surface area (Å²) in [5.74, 6) is -0.331. The Kier molecular flexibility index (Phi) is 4.97. The molecule has 130 valence electrons. The number of ether oxygens (including phenoxy) is 1. The van der Waals surface area contributed by atoms with Crippen LogP contribution in [-0.4, -0.2) is 39.5 Å². The summed E-state index contributed by atoms with van der Waals surface area (Å²) in [6.45, 7) is 2.19. The van der Waals surface area contributed by atoms with Gasteiger partial charge in [-0.1, -0.05) is 6.07 Å². The fourth-order valence-corrected chi connectivity index (χ4v) is 2.99. The van der Waals surface area contributed by atoms with Gasteiger partial charge in [0.05, 0.1) is 5.92 Å². The van der Waals surface area contributed by atoms with Gasteiger partial charge in [-0.25, -0.2) is 0 Å². The van der Waals surface area contributed by atoms with Gasteiger partial charge in [0.25, 0.3) is 5.91 Å². The van der Waals surface area contributed by atoms with E-state index in [9.17, 15) is 14.7 Å². The number of carboxylic acid groups (broad SMARTS) is 1. The molecule has 0 radical (unpaired) electrons. The topological polar surface area (TPSA) is 79.7 Å². The normalized spacial score (nSPS) is 20.1. The fraction of sp³-hybridized carbons (Fsp3) is 0.316. The van der Waals surface area contributed by atoms with E-state index in [4.69, 9.17) is 4.74 Å². The Morgan fingerprint density at radius 3 is 2.64 bits per heavy atom. The summed E-state index contributed by atoms with van der Waals surface area (Å²) in [6.07, 6.45) is 4.55. The van der Waals surface area contributed by atoms with Crippen LogP contribution in [0.5, 0.6) is 11.5 Å². The van der Waals surface area contributed by atoms with Crippen LogP contribution in [0.4, 0.5) is 0 Å². The van der Waals surface area contributed by atoms with E-state index in [2.05, 4.69) is 4.98 Å². The highest BCUT2D eigenvalue weighted by Gasteiger charge is 2.33.